The smallest absolute Gasteiger partial charge is 0.191 e. The Morgan fingerprint density at radius 2 is 2.12 bits per heavy atom. The number of hydrogen-bond acceptors (Lipinski definition) is 3. The van der Waals surface area contributed by atoms with Crippen LogP contribution in [0.2, 0.25) is 5.02 Å². The summed E-state index contributed by atoms with van der Waals surface area (Å²) in [7, 11) is 1.72. The van der Waals surface area contributed by atoms with Crippen molar-refractivity contribution >= 4 is 41.5 Å². The molecule has 0 amide bonds. The summed E-state index contributed by atoms with van der Waals surface area (Å²) in [6.45, 7) is 4.57. The van der Waals surface area contributed by atoms with Crippen LogP contribution in [0.5, 0.6) is 0 Å². The minimum Gasteiger partial charge on any atom is -0.381 e. The Bertz CT molecular complexity index is 557. The van der Waals surface area contributed by atoms with Gasteiger partial charge in [0.15, 0.2) is 5.96 Å². The molecular formula is C18H28ClFIN3O2. The number of ether oxygens (including phenoxy) is 2. The Balaban J connectivity index is 0.00000338. The lowest BCUT2D eigenvalue weighted by Crippen LogP contribution is -2.37. The van der Waals surface area contributed by atoms with Gasteiger partial charge in [-0.25, -0.2) is 4.39 Å². The first-order valence-electron chi connectivity index (χ1n) is 8.73. The van der Waals surface area contributed by atoms with Crippen LogP contribution in [0, 0.1) is 11.7 Å². The molecule has 0 spiro atoms. The standard InChI is InChI=1S/C18H27ClFN3O2.HI/c1-21-18(23-12-15-3-4-17(20)16(19)11-15)22-7-2-8-25-13-14-5-9-24-10-6-14;/h3-4,11,14H,2,5-10,12-13H2,1H3,(H2,21,22,23);1H. The van der Waals surface area contributed by atoms with E-state index >= 15 is 0 Å². The molecular weight excluding hydrogens is 472 g/mol. The Morgan fingerprint density at radius 1 is 1.35 bits per heavy atom. The second-order valence-corrected chi connectivity index (χ2v) is 6.49. The fourth-order valence-corrected chi connectivity index (χ4v) is 2.80. The molecule has 1 aromatic carbocycles. The molecule has 2 N–H and O–H groups in total. The van der Waals surface area contributed by atoms with E-state index < -0.39 is 5.82 Å². The summed E-state index contributed by atoms with van der Waals surface area (Å²) < 4.78 is 24.2. The third-order valence-electron chi connectivity index (χ3n) is 4.12. The molecule has 26 heavy (non-hydrogen) atoms. The van der Waals surface area contributed by atoms with Gasteiger partial charge in [0.1, 0.15) is 5.82 Å². The summed E-state index contributed by atoms with van der Waals surface area (Å²) in [5.41, 5.74) is 0.897. The molecule has 0 aromatic heterocycles. The zero-order valence-electron chi connectivity index (χ0n) is 15.1. The lowest BCUT2D eigenvalue weighted by Gasteiger charge is -2.21. The molecule has 0 bridgehead atoms. The number of guanidine groups is 1. The van der Waals surface area contributed by atoms with Gasteiger partial charge in [-0.05, 0) is 42.9 Å². The second kappa shape index (κ2) is 13.5. The molecule has 5 nitrogen and oxygen atoms in total. The summed E-state index contributed by atoms with van der Waals surface area (Å²) in [5.74, 6) is 0.928. The minimum atomic E-state index is -0.409. The van der Waals surface area contributed by atoms with Gasteiger partial charge in [0, 0.05) is 46.6 Å². The van der Waals surface area contributed by atoms with Crippen LogP contribution < -0.4 is 10.6 Å². The summed E-state index contributed by atoms with van der Waals surface area (Å²) in [4.78, 5) is 4.17. The number of benzene rings is 1. The van der Waals surface area contributed by atoms with Crippen molar-refractivity contribution in [1.82, 2.24) is 10.6 Å². The zero-order chi connectivity index (χ0) is 17.9. The topological polar surface area (TPSA) is 54.9 Å². The highest BCUT2D eigenvalue weighted by Crippen LogP contribution is 2.16. The summed E-state index contributed by atoms with van der Waals surface area (Å²) in [6.07, 6.45) is 3.11. The monoisotopic (exact) mass is 499 g/mol. The fraction of sp³-hybridized carbons (Fsp3) is 0.611. The largest absolute Gasteiger partial charge is 0.381 e. The van der Waals surface area contributed by atoms with Crippen LogP contribution in [0.25, 0.3) is 0 Å². The molecule has 0 radical (unpaired) electrons. The summed E-state index contributed by atoms with van der Waals surface area (Å²) in [6, 6.07) is 4.68. The molecule has 1 saturated heterocycles. The Hall–Kier alpha value is -0.640. The Kier molecular flexibility index (Phi) is 12.2. The average Bonchev–Trinajstić information content (AvgIpc) is 2.64. The van der Waals surface area contributed by atoms with E-state index in [1.54, 1.807) is 19.2 Å². The Labute approximate surface area is 177 Å². The van der Waals surface area contributed by atoms with E-state index in [0.29, 0.717) is 18.4 Å². The van der Waals surface area contributed by atoms with E-state index in [0.717, 1.165) is 57.8 Å². The van der Waals surface area contributed by atoms with E-state index in [2.05, 4.69) is 15.6 Å². The first-order chi connectivity index (χ1) is 12.2. The van der Waals surface area contributed by atoms with Crippen LogP contribution in [0.3, 0.4) is 0 Å². The van der Waals surface area contributed by atoms with E-state index in [-0.39, 0.29) is 29.0 Å². The Morgan fingerprint density at radius 3 is 2.81 bits per heavy atom. The van der Waals surface area contributed by atoms with Gasteiger partial charge in [0.05, 0.1) is 5.02 Å². The average molecular weight is 500 g/mol. The van der Waals surface area contributed by atoms with Gasteiger partial charge in [-0.15, -0.1) is 24.0 Å². The maximum absolute atomic E-state index is 13.1. The highest BCUT2D eigenvalue weighted by atomic mass is 127. The minimum absolute atomic E-state index is 0. The highest BCUT2D eigenvalue weighted by Gasteiger charge is 2.13. The molecule has 8 heteroatoms. The van der Waals surface area contributed by atoms with Gasteiger partial charge < -0.3 is 20.1 Å². The van der Waals surface area contributed by atoms with Gasteiger partial charge in [-0.2, -0.15) is 0 Å². The van der Waals surface area contributed by atoms with Crippen molar-refractivity contribution in [3.63, 3.8) is 0 Å². The maximum atomic E-state index is 13.1. The van der Waals surface area contributed by atoms with E-state index in [1.165, 1.54) is 6.07 Å². The molecule has 1 aromatic rings. The lowest BCUT2D eigenvalue weighted by molar-refractivity contribution is 0.0203. The fourth-order valence-electron chi connectivity index (χ4n) is 2.60. The molecule has 148 valence electrons. The third-order valence-corrected chi connectivity index (χ3v) is 4.41. The van der Waals surface area contributed by atoms with E-state index in [9.17, 15) is 4.39 Å². The van der Waals surface area contributed by atoms with E-state index in [4.69, 9.17) is 21.1 Å². The molecule has 1 aliphatic rings. The van der Waals surface area contributed by atoms with Crippen LogP contribution in [0.15, 0.2) is 23.2 Å². The van der Waals surface area contributed by atoms with Crippen molar-refractivity contribution < 1.29 is 13.9 Å². The van der Waals surface area contributed by atoms with Crippen molar-refractivity contribution in [2.75, 3.05) is 40.0 Å². The summed E-state index contributed by atoms with van der Waals surface area (Å²) >= 11 is 5.78. The first-order valence-corrected chi connectivity index (χ1v) is 9.10. The van der Waals surface area contributed by atoms with Gasteiger partial charge >= 0.3 is 0 Å². The van der Waals surface area contributed by atoms with Gasteiger partial charge in [-0.3, -0.25) is 4.99 Å². The molecule has 0 saturated carbocycles. The second-order valence-electron chi connectivity index (χ2n) is 6.09. The zero-order valence-corrected chi connectivity index (χ0v) is 18.2. The molecule has 0 aliphatic carbocycles. The third kappa shape index (κ3) is 8.83. The quantitative estimate of drug-likeness (QED) is 0.248. The lowest BCUT2D eigenvalue weighted by atomic mass is 10.0. The molecule has 2 rings (SSSR count). The molecule has 0 unspecified atom stereocenters. The number of nitrogens with one attached hydrogen (secondary N) is 2. The van der Waals surface area contributed by atoms with Gasteiger partial charge in [0.2, 0.25) is 0 Å². The SMILES string of the molecule is CN=C(NCCCOCC1CCOCC1)NCc1ccc(F)c(Cl)c1.I. The number of halogens is 3. The molecule has 1 heterocycles. The van der Waals surface area contributed by atoms with Crippen molar-refractivity contribution in [3.05, 3.63) is 34.6 Å². The van der Waals surface area contributed by atoms with Crippen LogP contribution in [-0.4, -0.2) is 46.0 Å². The number of hydrogen-bond donors (Lipinski definition) is 2. The highest BCUT2D eigenvalue weighted by molar-refractivity contribution is 14.0. The van der Waals surface area contributed by atoms with E-state index in [1.807, 2.05) is 0 Å². The van der Waals surface area contributed by atoms with Crippen LogP contribution in [0.1, 0.15) is 24.8 Å². The maximum Gasteiger partial charge on any atom is 0.191 e. The molecule has 0 atom stereocenters. The molecule has 1 aliphatic heterocycles. The van der Waals surface area contributed by atoms with Crippen molar-refractivity contribution in [2.24, 2.45) is 10.9 Å². The first kappa shape index (κ1) is 23.4. The van der Waals surface area contributed by atoms with Crippen molar-refractivity contribution in [2.45, 2.75) is 25.8 Å². The number of nitrogens with zero attached hydrogens (tertiary/aromatic N) is 1. The van der Waals surface area contributed by atoms with Crippen LogP contribution in [-0.2, 0) is 16.0 Å². The van der Waals surface area contributed by atoms with Crippen LogP contribution >= 0.6 is 35.6 Å². The van der Waals surface area contributed by atoms with Gasteiger partial charge in [-0.1, -0.05) is 17.7 Å². The van der Waals surface area contributed by atoms with Crippen molar-refractivity contribution in [1.29, 1.82) is 0 Å². The predicted molar refractivity (Wildman–Crippen MR) is 114 cm³/mol. The predicted octanol–water partition coefficient (Wildman–Crippen LogP) is 3.60. The summed E-state index contributed by atoms with van der Waals surface area (Å²) in [5, 5.41) is 6.54. The normalized spacial score (nSPS) is 15.4. The van der Waals surface area contributed by atoms with Crippen LogP contribution in [0.4, 0.5) is 4.39 Å². The van der Waals surface area contributed by atoms with Gasteiger partial charge in [0.25, 0.3) is 0 Å². The molecule has 1 fully saturated rings. The number of aliphatic imine (C=N–C) groups is 1. The van der Waals surface area contributed by atoms with Crippen molar-refractivity contribution in [3.8, 4) is 0 Å². The number of rotatable bonds is 8.